The Morgan fingerprint density at radius 1 is 1.47 bits per heavy atom. The van der Waals surface area contributed by atoms with Crippen molar-refractivity contribution in [2.45, 2.75) is 32.7 Å². The van der Waals surface area contributed by atoms with Crippen molar-refractivity contribution in [1.82, 2.24) is 10.3 Å². The van der Waals surface area contributed by atoms with Gasteiger partial charge in [0.2, 0.25) is 0 Å². The number of nitrogens with zero attached hydrogens (tertiary/aromatic N) is 1. The summed E-state index contributed by atoms with van der Waals surface area (Å²) in [6.45, 7) is 6.63. The van der Waals surface area contributed by atoms with Crippen LogP contribution in [0.3, 0.4) is 0 Å². The van der Waals surface area contributed by atoms with Crippen LogP contribution < -0.4 is 11.1 Å². The Kier molecular flexibility index (Phi) is 6.58. The van der Waals surface area contributed by atoms with Crippen LogP contribution in [0.5, 0.6) is 0 Å². The van der Waals surface area contributed by atoms with E-state index in [-0.39, 0.29) is 6.04 Å². The van der Waals surface area contributed by atoms with Crippen LogP contribution >= 0.6 is 0 Å². The number of nitrogens with two attached hydrogens (primary N) is 1. The van der Waals surface area contributed by atoms with Gasteiger partial charge in [0.15, 0.2) is 0 Å². The highest BCUT2D eigenvalue weighted by Gasteiger charge is 2.13. The minimum Gasteiger partial charge on any atom is -0.383 e. The molecule has 0 fully saturated rings. The first-order valence-electron chi connectivity index (χ1n) is 6.31. The van der Waals surface area contributed by atoms with E-state index in [0.29, 0.717) is 5.82 Å². The van der Waals surface area contributed by atoms with Crippen molar-refractivity contribution in [3.63, 3.8) is 0 Å². The summed E-state index contributed by atoms with van der Waals surface area (Å²) in [5, 5.41) is 3.49. The van der Waals surface area contributed by atoms with Gasteiger partial charge in [-0.05, 0) is 32.4 Å². The average Bonchev–Trinajstić information content (AvgIpc) is 2.35. The Hall–Kier alpha value is -1.13. The smallest absolute Gasteiger partial charge is 0.128 e. The second kappa shape index (κ2) is 8.03. The normalized spacial score (nSPS) is 12.6. The van der Waals surface area contributed by atoms with E-state index in [4.69, 9.17) is 10.5 Å². The van der Waals surface area contributed by atoms with E-state index in [1.807, 2.05) is 19.1 Å². The Balaban J connectivity index is 2.64. The van der Waals surface area contributed by atoms with Gasteiger partial charge >= 0.3 is 0 Å². The predicted molar refractivity (Wildman–Crippen MR) is 70.8 cm³/mol. The molecule has 0 bridgehead atoms. The first-order valence-corrected chi connectivity index (χ1v) is 6.31. The third kappa shape index (κ3) is 4.71. The largest absolute Gasteiger partial charge is 0.383 e. The Morgan fingerprint density at radius 2 is 2.29 bits per heavy atom. The molecule has 0 aliphatic rings. The molecule has 0 saturated heterocycles. The Morgan fingerprint density at radius 3 is 2.94 bits per heavy atom. The lowest BCUT2D eigenvalue weighted by Crippen LogP contribution is -2.24. The van der Waals surface area contributed by atoms with E-state index in [2.05, 4.69) is 17.2 Å². The van der Waals surface area contributed by atoms with Gasteiger partial charge in [0.25, 0.3) is 0 Å². The van der Waals surface area contributed by atoms with Gasteiger partial charge in [-0.1, -0.05) is 13.0 Å². The highest BCUT2D eigenvalue weighted by molar-refractivity contribution is 5.40. The molecule has 0 aliphatic carbocycles. The zero-order valence-corrected chi connectivity index (χ0v) is 10.8. The fraction of sp³-hybridized carbons (Fsp3) is 0.615. The number of nitrogens with one attached hydrogen (secondary N) is 1. The fourth-order valence-electron chi connectivity index (χ4n) is 1.76. The van der Waals surface area contributed by atoms with Crippen LogP contribution in [0.1, 0.15) is 38.3 Å². The predicted octanol–water partition coefficient (Wildman–Crippen LogP) is 2.13. The summed E-state index contributed by atoms with van der Waals surface area (Å²) in [7, 11) is 0. The zero-order chi connectivity index (χ0) is 12.5. The summed E-state index contributed by atoms with van der Waals surface area (Å²) in [5.74, 6) is 0.609. The molecule has 1 rings (SSSR count). The third-order valence-electron chi connectivity index (χ3n) is 2.64. The van der Waals surface area contributed by atoms with Crippen molar-refractivity contribution < 1.29 is 4.74 Å². The molecule has 4 heteroatoms. The van der Waals surface area contributed by atoms with E-state index < -0.39 is 0 Å². The lowest BCUT2D eigenvalue weighted by Gasteiger charge is -2.19. The van der Waals surface area contributed by atoms with E-state index in [1.54, 1.807) is 6.20 Å². The first-order chi connectivity index (χ1) is 8.29. The summed E-state index contributed by atoms with van der Waals surface area (Å²) < 4.78 is 5.40. The average molecular weight is 237 g/mol. The SMILES string of the molecule is CCCNC(CCOCC)c1cccnc1N. The van der Waals surface area contributed by atoms with Crippen molar-refractivity contribution in [2.75, 3.05) is 25.5 Å². The molecule has 0 spiro atoms. The molecule has 1 heterocycles. The number of ether oxygens (including phenoxy) is 1. The quantitative estimate of drug-likeness (QED) is 0.680. The van der Waals surface area contributed by atoms with Gasteiger partial charge in [-0.2, -0.15) is 0 Å². The van der Waals surface area contributed by atoms with Crippen LogP contribution in [0.4, 0.5) is 5.82 Å². The topological polar surface area (TPSA) is 60.2 Å². The number of rotatable bonds is 8. The Bertz CT molecular complexity index is 317. The summed E-state index contributed by atoms with van der Waals surface area (Å²) >= 11 is 0. The molecule has 0 amide bonds. The van der Waals surface area contributed by atoms with Gasteiger partial charge in [-0.15, -0.1) is 0 Å². The lowest BCUT2D eigenvalue weighted by atomic mass is 10.0. The maximum absolute atomic E-state index is 5.91. The number of anilines is 1. The molecule has 96 valence electrons. The third-order valence-corrected chi connectivity index (χ3v) is 2.64. The summed E-state index contributed by atoms with van der Waals surface area (Å²) in [6.07, 6.45) is 3.74. The van der Waals surface area contributed by atoms with Gasteiger partial charge in [-0.25, -0.2) is 4.98 Å². The van der Waals surface area contributed by atoms with E-state index >= 15 is 0 Å². The standard InChI is InChI=1S/C13H23N3O/c1-3-8-15-12(7-10-17-4-2)11-6-5-9-16-13(11)14/h5-6,9,12,15H,3-4,7-8,10H2,1-2H3,(H2,14,16). The summed E-state index contributed by atoms with van der Waals surface area (Å²) in [5.41, 5.74) is 6.98. The summed E-state index contributed by atoms with van der Waals surface area (Å²) in [4.78, 5) is 4.13. The molecule has 17 heavy (non-hydrogen) atoms. The number of hydrogen-bond donors (Lipinski definition) is 2. The van der Waals surface area contributed by atoms with Crippen molar-refractivity contribution in [3.05, 3.63) is 23.9 Å². The molecule has 0 saturated carbocycles. The molecular formula is C13H23N3O. The van der Waals surface area contributed by atoms with Gasteiger partial charge in [0, 0.05) is 31.0 Å². The first kappa shape index (κ1) is 13.9. The Labute approximate surface area is 104 Å². The van der Waals surface area contributed by atoms with Crippen molar-refractivity contribution >= 4 is 5.82 Å². The van der Waals surface area contributed by atoms with Crippen molar-refractivity contribution in [1.29, 1.82) is 0 Å². The maximum atomic E-state index is 5.91. The van der Waals surface area contributed by atoms with Crippen LogP contribution in [0.2, 0.25) is 0 Å². The molecule has 3 N–H and O–H groups in total. The minimum absolute atomic E-state index is 0.232. The monoisotopic (exact) mass is 237 g/mol. The van der Waals surface area contributed by atoms with Crippen LogP contribution in [0.25, 0.3) is 0 Å². The molecular weight excluding hydrogens is 214 g/mol. The second-order valence-corrected chi connectivity index (χ2v) is 3.97. The van der Waals surface area contributed by atoms with Crippen LogP contribution in [0, 0.1) is 0 Å². The minimum atomic E-state index is 0.232. The number of nitrogen functional groups attached to an aromatic ring is 1. The molecule has 0 aliphatic heterocycles. The molecule has 1 unspecified atom stereocenters. The van der Waals surface area contributed by atoms with Gasteiger partial charge in [-0.3, -0.25) is 0 Å². The highest BCUT2D eigenvalue weighted by Crippen LogP contribution is 2.21. The van der Waals surface area contributed by atoms with E-state index in [0.717, 1.165) is 38.2 Å². The molecule has 0 aromatic carbocycles. The number of hydrogen-bond acceptors (Lipinski definition) is 4. The van der Waals surface area contributed by atoms with Crippen LogP contribution in [-0.4, -0.2) is 24.7 Å². The molecule has 4 nitrogen and oxygen atoms in total. The van der Waals surface area contributed by atoms with Crippen LogP contribution in [0.15, 0.2) is 18.3 Å². The van der Waals surface area contributed by atoms with E-state index in [1.165, 1.54) is 0 Å². The zero-order valence-electron chi connectivity index (χ0n) is 10.8. The maximum Gasteiger partial charge on any atom is 0.128 e. The van der Waals surface area contributed by atoms with Crippen molar-refractivity contribution in [3.8, 4) is 0 Å². The van der Waals surface area contributed by atoms with Gasteiger partial charge in [0.1, 0.15) is 5.82 Å². The molecule has 1 aromatic heterocycles. The van der Waals surface area contributed by atoms with E-state index in [9.17, 15) is 0 Å². The molecule has 0 radical (unpaired) electrons. The molecule has 1 atom stereocenters. The summed E-state index contributed by atoms with van der Waals surface area (Å²) in [6, 6.07) is 4.18. The van der Waals surface area contributed by atoms with Crippen LogP contribution in [-0.2, 0) is 4.74 Å². The van der Waals surface area contributed by atoms with Crippen molar-refractivity contribution in [2.24, 2.45) is 0 Å². The van der Waals surface area contributed by atoms with Gasteiger partial charge in [0.05, 0.1) is 0 Å². The molecule has 1 aromatic rings. The number of aromatic nitrogens is 1. The van der Waals surface area contributed by atoms with Gasteiger partial charge < -0.3 is 15.8 Å². The fourth-order valence-corrected chi connectivity index (χ4v) is 1.76. The second-order valence-electron chi connectivity index (χ2n) is 3.97. The number of pyridine rings is 1. The highest BCUT2D eigenvalue weighted by atomic mass is 16.5. The lowest BCUT2D eigenvalue weighted by molar-refractivity contribution is 0.136.